The van der Waals surface area contributed by atoms with Gasteiger partial charge in [0, 0.05) is 16.8 Å². The summed E-state index contributed by atoms with van der Waals surface area (Å²) in [6.45, 7) is 3.03. The van der Waals surface area contributed by atoms with E-state index in [0.29, 0.717) is 16.8 Å². The molecule has 0 unspecified atom stereocenters. The fraction of sp³-hybridized carbons (Fsp3) is 0.211. The van der Waals surface area contributed by atoms with Crippen molar-refractivity contribution >= 4 is 39.0 Å². The number of carbonyl (C=O) groups excluding carboxylic acids is 3. The Balaban J connectivity index is 1.76. The lowest BCUT2D eigenvalue weighted by Gasteiger charge is -2.15. The largest absolute Gasteiger partial charge is 0.322 e. The van der Waals surface area contributed by atoms with E-state index >= 15 is 0 Å². The maximum absolute atomic E-state index is 12.3. The van der Waals surface area contributed by atoms with Crippen LogP contribution in [-0.2, 0) is 14.8 Å². The Morgan fingerprint density at radius 3 is 2.04 bits per heavy atom. The molecular formula is C19H18N2O5S. The first-order valence-electron chi connectivity index (χ1n) is 8.28. The van der Waals surface area contributed by atoms with Gasteiger partial charge >= 0.3 is 0 Å². The second-order valence-corrected chi connectivity index (χ2v) is 8.28. The van der Waals surface area contributed by atoms with Crippen LogP contribution in [0.25, 0.3) is 0 Å². The number of hydrogen-bond donors (Lipinski definition) is 1. The van der Waals surface area contributed by atoms with Gasteiger partial charge in [-0.3, -0.25) is 14.4 Å². The van der Waals surface area contributed by atoms with Crippen molar-refractivity contribution in [3.8, 4) is 0 Å². The third kappa shape index (κ3) is 3.75. The summed E-state index contributed by atoms with van der Waals surface area (Å²) < 4.78 is 25.0. The molecule has 140 valence electrons. The fourth-order valence-electron chi connectivity index (χ4n) is 2.83. The normalized spacial score (nSPS) is 18.4. The van der Waals surface area contributed by atoms with E-state index < -0.39 is 21.8 Å². The van der Waals surface area contributed by atoms with E-state index in [9.17, 15) is 22.8 Å². The summed E-state index contributed by atoms with van der Waals surface area (Å²) in [5.74, 6) is -1.73. The number of sulfonamides is 1. The summed E-state index contributed by atoms with van der Waals surface area (Å²) in [6, 6.07) is 12.3. The lowest BCUT2D eigenvalue weighted by molar-refractivity contribution is -0.119. The molecule has 27 heavy (non-hydrogen) atoms. The molecular weight excluding hydrogens is 368 g/mol. The second-order valence-electron chi connectivity index (χ2n) is 6.42. The minimum Gasteiger partial charge on any atom is -0.322 e. The van der Waals surface area contributed by atoms with Gasteiger partial charge in [-0.15, -0.1) is 0 Å². The molecule has 3 rings (SSSR count). The van der Waals surface area contributed by atoms with Gasteiger partial charge in [0.2, 0.25) is 15.9 Å². The minimum atomic E-state index is -3.68. The van der Waals surface area contributed by atoms with Crippen LogP contribution in [0.4, 0.5) is 11.4 Å². The highest BCUT2D eigenvalue weighted by molar-refractivity contribution is 7.94. The van der Waals surface area contributed by atoms with E-state index in [1.165, 1.54) is 31.2 Å². The molecule has 0 saturated carbocycles. The number of amides is 2. The lowest BCUT2D eigenvalue weighted by Crippen LogP contribution is -2.30. The molecule has 1 saturated heterocycles. The number of hydrogen-bond acceptors (Lipinski definition) is 5. The fourth-order valence-corrected chi connectivity index (χ4v) is 4.65. The molecule has 2 amide bonds. The predicted octanol–water partition coefficient (Wildman–Crippen LogP) is 2.45. The Morgan fingerprint density at radius 2 is 1.56 bits per heavy atom. The summed E-state index contributed by atoms with van der Waals surface area (Å²) in [4.78, 5) is 35.7. The van der Waals surface area contributed by atoms with Crippen molar-refractivity contribution in [1.29, 1.82) is 0 Å². The Hall–Kier alpha value is -3.00. The zero-order valence-electron chi connectivity index (χ0n) is 14.8. The molecule has 1 heterocycles. The third-order valence-corrected chi connectivity index (χ3v) is 6.14. The average Bonchev–Trinajstić information content (AvgIpc) is 2.82. The quantitative estimate of drug-likeness (QED) is 0.814. The van der Waals surface area contributed by atoms with Crippen molar-refractivity contribution in [3.05, 3.63) is 59.7 Å². The molecule has 8 heteroatoms. The zero-order valence-corrected chi connectivity index (χ0v) is 15.6. The molecule has 0 spiro atoms. The number of benzene rings is 2. The average molecular weight is 386 g/mol. The van der Waals surface area contributed by atoms with Crippen LogP contribution in [0.5, 0.6) is 0 Å². The molecule has 1 fully saturated rings. The monoisotopic (exact) mass is 386 g/mol. The van der Waals surface area contributed by atoms with Crippen LogP contribution in [0.2, 0.25) is 0 Å². The lowest BCUT2D eigenvalue weighted by atomic mass is 10.1. The molecule has 2 aromatic carbocycles. The van der Waals surface area contributed by atoms with Crippen molar-refractivity contribution < 1.29 is 22.8 Å². The van der Waals surface area contributed by atoms with Gasteiger partial charge in [0.05, 0.1) is 17.4 Å². The van der Waals surface area contributed by atoms with Gasteiger partial charge in [-0.1, -0.05) is 6.92 Å². The molecule has 1 N–H and O–H groups in total. The number of nitrogens with one attached hydrogen (secondary N) is 1. The van der Waals surface area contributed by atoms with Crippen LogP contribution in [0.15, 0.2) is 48.5 Å². The minimum absolute atomic E-state index is 0.0656. The third-order valence-electron chi connectivity index (χ3n) is 4.27. The standard InChI is InChI=1S/C19H18N2O5S/c1-12-11-27(25,26)21(19(12)24)17-9-5-15(6-10-17)18(23)20-16-7-3-14(4-8-16)13(2)22/h3-10,12H,11H2,1-2H3,(H,20,23)/t12-/m0/s1. The van der Waals surface area contributed by atoms with E-state index in [-0.39, 0.29) is 23.1 Å². The Kier molecular flexibility index (Phi) is 4.84. The van der Waals surface area contributed by atoms with E-state index in [4.69, 9.17) is 0 Å². The highest BCUT2D eigenvalue weighted by Gasteiger charge is 2.41. The SMILES string of the molecule is CC(=O)c1ccc(NC(=O)c2ccc(N3C(=O)[C@@H](C)CS3(=O)=O)cc2)cc1. The smallest absolute Gasteiger partial charge is 0.255 e. The van der Waals surface area contributed by atoms with Crippen molar-refractivity contribution in [1.82, 2.24) is 0 Å². The molecule has 0 aromatic heterocycles. The molecule has 2 aromatic rings. The maximum Gasteiger partial charge on any atom is 0.255 e. The summed E-state index contributed by atoms with van der Waals surface area (Å²) in [5, 5.41) is 2.70. The molecule has 1 aliphatic heterocycles. The second kappa shape index (κ2) is 6.96. The maximum atomic E-state index is 12.3. The van der Waals surface area contributed by atoms with Gasteiger partial charge in [0.25, 0.3) is 5.91 Å². The summed E-state index contributed by atoms with van der Waals surface area (Å²) in [5.41, 5.74) is 1.60. The highest BCUT2D eigenvalue weighted by atomic mass is 32.2. The molecule has 1 atom stereocenters. The van der Waals surface area contributed by atoms with Crippen LogP contribution < -0.4 is 9.62 Å². The molecule has 7 nitrogen and oxygen atoms in total. The van der Waals surface area contributed by atoms with Crippen molar-refractivity contribution in [2.45, 2.75) is 13.8 Å². The number of rotatable bonds is 4. The Labute approximate surface area is 157 Å². The molecule has 0 aliphatic carbocycles. The van der Waals surface area contributed by atoms with Crippen LogP contribution >= 0.6 is 0 Å². The van der Waals surface area contributed by atoms with Crippen LogP contribution in [0.1, 0.15) is 34.6 Å². The number of ketones is 1. The summed E-state index contributed by atoms with van der Waals surface area (Å²) in [6.07, 6.45) is 0. The highest BCUT2D eigenvalue weighted by Crippen LogP contribution is 2.28. The first-order valence-corrected chi connectivity index (χ1v) is 9.89. The van der Waals surface area contributed by atoms with E-state index in [1.54, 1.807) is 31.2 Å². The number of nitrogens with zero attached hydrogens (tertiary/aromatic N) is 1. The Morgan fingerprint density at radius 1 is 1.00 bits per heavy atom. The van der Waals surface area contributed by atoms with Gasteiger partial charge < -0.3 is 5.32 Å². The number of Topliss-reactive ketones (excluding diaryl/α,β-unsaturated/α-hetero) is 1. The van der Waals surface area contributed by atoms with E-state index in [0.717, 1.165) is 4.31 Å². The number of anilines is 2. The van der Waals surface area contributed by atoms with E-state index in [1.807, 2.05) is 0 Å². The van der Waals surface area contributed by atoms with Crippen molar-refractivity contribution in [2.75, 3.05) is 15.4 Å². The first kappa shape index (κ1) is 18.8. The van der Waals surface area contributed by atoms with Gasteiger partial charge in [0.1, 0.15) is 0 Å². The van der Waals surface area contributed by atoms with Crippen LogP contribution in [0, 0.1) is 5.92 Å². The molecule has 0 bridgehead atoms. The van der Waals surface area contributed by atoms with Gasteiger partial charge in [0.15, 0.2) is 5.78 Å². The van der Waals surface area contributed by atoms with Gasteiger partial charge in [-0.2, -0.15) is 0 Å². The Bertz CT molecular complexity index is 1010. The topological polar surface area (TPSA) is 101 Å². The van der Waals surface area contributed by atoms with Crippen molar-refractivity contribution in [2.24, 2.45) is 5.92 Å². The van der Waals surface area contributed by atoms with Gasteiger partial charge in [-0.25, -0.2) is 12.7 Å². The summed E-state index contributed by atoms with van der Waals surface area (Å²) in [7, 11) is -3.68. The molecule has 1 aliphatic rings. The van der Waals surface area contributed by atoms with Crippen LogP contribution in [0.3, 0.4) is 0 Å². The predicted molar refractivity (Wildman–Crippen MR) is 101 cm³/mol. The van der Waals surface area contributed by atoms with Gasteiger partial charge in [-0.05, 0) is 55.5 Å². The number of carbonyl (C=O) groups is 3. The molecule has 0 radical (unpaired) electrons. The summed E-state index contributed by atoms with van der Waals surface area (Å²) >= 11 is 0. The zero-order chi connectivity index (χ0) is 19.8. The van der Waals surface area contributed by atoms with Crippen LogP contribution in [-0.4, -0.2) is 31.8 Å². The van der Waals surface area contributed by atoms with Crippen molar-refractivity contribution in [3.63, 3.8) is 0 Å². The van der Waals surface area contributed by atoms with E-state index in [2.05, 4.69) is 5.32 Å². The first-order chi connectivity index (χ1) is 12.7.